The summed E-state index contributed by atoms with van der Waals surface area (Å²) >= 11 is 0. The molecule has 0 saturated heterocycles. The lowest BCUT2D eigenvalue weighted by Crippen LogP contribution is -2.09. The average molecular weight is 296 g/mol. The van der Waals surface area contributed by atoms with Gasteiger partial charge in [-0.25, -0.2) is 0 Å². The van der Waals surface area contributed by atoms with Gasteiger partial charge in [0.1, 0.15) is 17.2 Å². The largest absolute Gasteiger partial charge is 0.497 e. The van der Waals surface area contributed by atoms with Gasteiger partial charge in [0.25, 0.3) is 0 Å². The molecule has 0 fully saturated rings. The zero-order valence-electron chi connectivity index (χ0n) is 11.0. The lowest BCUT2D eigenvalue weighted by Gasteiger charge is -2.12. The molecule has 0 bridgehead atoms. The minimum absolute atomic E-state index is 0.00177. The molecule has 0 heterocycles. The normalized spacial score (nSPS) is 11.0. The molecule has 0 amide bonds. The lowest BCUT2D eigenvalue weighted by atomic mass is 10.1. The van der Waals surface area contributed by atoms with Crippen LogP contribution >= 0.6 is 0 Å². The molecular formula is C15H11F3O3. The number of carbonyl (C=O) groups is 1. The maximum absolute atomic E-state index is 12.8. The number of carbonyl (C=O) groups excluding carboxylic acids is 1. The summed E-state index contributed by atoms with van der Waals surface area (Å²) in [5.74, 6) is 0.968. The van der Waals surface area contributed by atoms with Gasteiger partial charge in [-0.15, -0.1) is 0 Å². The molecular weight excluding hydrogens is 285 g/mol. The van der Waals surface area contributed by atoms with Crippen LogP contribution in [0.25, 0.3) is 0 Å². The molecule has 110 valence electrons. The number of methoxy groups -OCH3 is 1. The van der Waals surface area contributed by atoms with Gasteiger partial charge in [-0.2, -0.15) is 13.2 Å². The van der Waals surface area contributed by atoms with Crippen molar-refractivity contribution in [1.29, 1.82) is 0 Å². The molecule has 0 N–H and O–H groups in total. The lowest BCUT2D eigenvalue weighted by molar-refractivity contribution is -0.137. The predicted octanol–water partition coefficient (Wildman–Crippen LogP) is 4.32. The molecule has 2 rings (SSSR count). The number of hydrogen-bond acceptors (Lipinski definition) is 3. The van der Waals surface area contributed by atoms with Crippen LogP contribution in [0.2, 0.25) is 0 Å². The van der Waals surface area contributed by atoms with E-state index in [1.165, 1.54) is 13.2 Å². The van der Waals surface area contributed by atoms with Crippen LogP contribution in [-0.2, 0) is 6.18 Å². The molecule has 2 aromatic rings. The smallest absolute Gasteiger partial charge is 0.417 e. The van der Waals surface area contributed by atoms with Crippen molar-refractivity contribution >= 4 is 6.29 Å². The summed E-state index contributed by atoms with van der Waals surface area (Å²) in [6.07, 6.45) is -4.45. The Morgan fingerprint density at radius 1 is 0.952 bits per heavy atom. The molecule has 21 heavy (non-hydrogen) atoms. The third-order valence-electron chi connectivity index (χ3n) is 2.75. The summed E-state index contributed by atoms with van der Waals surface area (Å²) in [7, 11) is 1.50. The van der Waals surface area contributed by atoms with E-state index in [9.17, 15) is 18.0 Å². The van der Waals surface area contributed by atoms with E-state index in [1.54, 1.807) is 24.3 Å². The van der Waals surface area contributed by atoms with Crippen molar-refractivity contribution in [2.24, 2.45) is 0 Å². The van der Waals surface area contributed by atoms with E-state index < -0.39 is 17.3 Å². The van der Waals surface area contributed by atoms with Crippen LogP contribution in [0.3, 0.4) is 0 Å². The van der Waals surface area contributed by atoms with Gasteiger partial charge < -0.3 is 9.47 Å². The van der Waals surface area contributed by atoms with E-state index in [1.807, 2.05) is 0 Å². The Hall–Kier alpha value is -2.50. The highest BCUT2D eigenvalue weighted by Gasteiger charge is 2.33. The minimum atomic E-state index is -4.62. The number of halogens is 3. The second kappa shape index (κ2) is 5.87. The fraction of sp³-hybridized carbons (Fsp3) is 0.133. The second-order valence-corrected chi connectivity index (χ2v) is 4.14. The van der Waals surface area contributed by atoms with E-state index in [2.05, 4.69) is 0 Å². The van der Waals surface area contributed by atoms with Gasteiger partial charge in [0, 0.05) is 5.56 Å². The molecule has 0 unspecified atom stereocenters. The van der Waals surface area contributed by atoms with Gasteiger partial charge in [-0.1, -0.05) is 0 Å². The summed E-state index contributed by atoms with van der Waals surface area (Å²) in [4.78, 5) is 10.7. The Kier molecular flexibility index (Phi) is 4.16. The molecule has 0 aromatic heterocycles. The first-order valence-electron chi connectivity index (χ1n) is 5.92. The average Bonchev–Trinajstić information content (AvgIpc) is 2.47. The second-order valence-electron chi connectivity index (χ2n) is 4.14. The van der Waals surface area contributed by atoms with Crippen LogP contribution in [0.5, 0.6) is 17.2 Å². The van der Waals surface area contributed by atoms with Crippen molar-refractivity contribution in [3.63, 3.8) is 0 Å². The number of ether oxygens (including phenoxy) is 2. The van der Waals surface area contributed by atoms with Gasteiger partial charge in [0.2, 0.25) is 0 Å². The van der Waals surface area contributed by atoms with E-state index in [0.29, 0.717) is 11.5 Å². The van der Waals surface area contributed by atoms with E-state index in [-0.39, 0.29) is 12.0 Å². The van der Waals surface area contributed by atoms with E-state index >= 15 is 0 Å². The maximum Gasteiger partial charge on any atom is 0.417 e. The molecule has 0 aliphatic heterocycles. The molecule has 0 saturated carbocycles. The van der Waals surface area contributed by atoms with Crippen molar-refractivity contribution < 1.29 is 27.4 Å². The standard InChI is InChI=1S/C15H11F3O3/c1-20-11-4-6-12(7-5-11)21-13-3-2-10(9-19)14(8-13)15(16,17)18/h2-9H,1H3. The summed E-state index contributed by atoms with van der Waals surface area (Å²) in [5.41, 5.74) is -1.45. The van der Waals surface area contributed by atoms with Crippen LogP contribution in [0.15, 0.2) is 42.5 Å². The number of alkyl halides is 3. The molecule has 0 spiro atoms. The number of benzene rings is 2. The summed E-state index contributed by atoms with van der Waals surface area (Å²) in [5, 5.41) is 0. The van der Waals surface area contributed by atoms with Crippen molar-refractivity contribution in [2.45, 2.75) is 6.18 Å². The zero-order chi connectivity index (χ0) is 15.5. The van der Waals surface area contributed by atoms with Gasteiger partial charge in [0.05, 0.1) is 12.7 Å². The molecule has 0 aliphatic rings. The molecule has 3 nitrogen and oxygen atoms in total. The predicted molar refractivity (Wildman–Crippen MR) is 69.9 cm³/mol. The van der Waals surface area contributed by atoms with Crippen LogP contribution < -0.4 is 9.47 Å². The Balaban J connectivity index is 2.30. The van der Waals surface area contributed by atoms with Crippen LogP contribution in [-0.4, -0.2) is 13.4 Å². The zero-order valence-corrected chi connectivity index (χ0v) is 11.0. The fourth-order valence-electron chi connectivity index (χ4n) is 1.73. The fourth-order valence-corrected chi connectivity index (χ4v) is 1.73. The summed E-state index contributed by atoms with van der Waals surface area (Å²) in [6, 6.07) is 9.57. The van der Waals surface area contributed by atoms with Crippen LogP contribution in [0.1, 0.15) is 15.9 Å². The monoisotopic (exact) mass is 296 g/mol. The van der Waals surface area contributed by atoms with Crippen LogP contribution in [0.4, 0.5) is 13.2 Å². The first-order chi connectivity index (χ1) is 9.94. The Bertz CT molecular complexity index is 634. The van der Waals surface area contributed by atoms with E-state index in [0.717, 1.165) is 12.1 Å². The summed E-state index contributed by atoms with van der Waals surface area (Å²) in [6.45, 7) is 0. The van der Waals surface area contributed by atoms with Gasteiger partial charge >= 0.3 is 6.18 Å². The Labute approximate surface area is 118 Å². The first-order valence-corrected chi connectivity index (χ1v) is 5.92. The third kappa shape index (κ3) is 3.53. The van der Waals surface area contributed by atoms with Gasteiger partial charge in [-0.3, -0.25) is 4.79 Å². The highest BCUT2D eigenvalue weighted by Crippen LogP contribution is 2.35. The quantitative estimate of drug-likeness (QED) is 0.788. The van der Waals surface area contributed by atoms with Crippen molar-refractivity contribution in [1.82, 2.24) is 0 Å². The Morgan fingerprint density at radius 2 is 1.52 bits per heavy atom. The third-order valence-corrected chi connectivity index (χ3v) is 2.75. The van der Waals surface area contributed by atoms with Crippen LogP contribution in [0, 0.1) is 0 Å². The van der Waals surface area contributed by atoms with Gasteiger partial charge in [0.15, 0.2) is 6.29 Å². The first kappa shape index (κ1) is 14.9. The van der Waals surface area contributed by atoms with Gasteiger partial charge in [-0.05, 0) is 42.5 Å². The highest BCUT2D eigenvalue weighted by molar-refractivity contribution is 5.78. The van der Waals surface area contributed by atoms with Crippen molar-refractivity contribution in [2.75, 3.05) is 7.11 Å². The van der Waals surface area contributed by atoms with Crippen molar-refractivity contribution in [3.05, 3.63) is 53.6 Å². The van der Waals surface area contributed by atoms with E-state index in [4.69, 9.17) is 9.47 Å². The molecule has 0 aliphatic carbocycles. The molecule has 6 heteroatoms. The number of rotatable bonds is 4. The topological polar surface area (TPSA) is 35.5 Å². The number of aldehydes is 1. The molecule has 0 atom stereocenters. The minimum Gasteiger partial charge on any atom is -0.497 e. The van der Waals surface area contributed by atoms with Crippen molar-refractivity contribution in [3.8, 4) is 17.2 Å². The summed E-state index contributed by atoms with van der Waals surface area (Å²) < 4.78 is 48.8. The SMILES string of the molecule is COc1ccc(Oc2ccc(C=O)c(C(F)(F)F)c2)cc1. The molecule has 0 radical (unpaired) electrons. The maximum atomic E-state index is 12.8. The molecule has 2 aromatic carbocycles. The number of hydrogen-bond donors (Lipinski definition) is 0. The highest BCUT2D eigenvalue weighted by atomic mass is 19.4. The Morgan fingerprint density at radius 3 is 2.05 bits per heavy atom.